The molecule has 7 nitrogen and oxygen atoms in total. The van der Waals surface area contributed by atoms with E-state index in [2.05, 4.69) is 20.3 Å². The maximum absolute atomic E-state index is 5.84. The zero-order chi connectivity index (χ0) is 21.8. The summed E-state index contributed by atoms with van der Waals surface area (Å²) in [5, 5.41) is 11.3. The van der Waals surface area contributed by atoms with Crippen LogP contribution >= 0.6 is 0 Å². The normalized spacial score (nSPS) is 10.8. The van der Waals surface area contributed by atoms with Crippen LogP contribution in [0.25, 0.3) is 34.1 Å². The predicted molar refractivity (Wildman–Crippen MR) is 120 cm³/mol. The van der Waals surface area contributed by atoms with E-state index in [1.807, 2.05) is 78.9 Å². The number of rotatable bonds is 7. The van der Waals surface area contributed by atoms with Gasteiger partial charge in [0.25, 0.3) is 5.89 Å². The van der Waals surface area contributed by atoms with E-state index in [0.29, 0.717) is 18.3 Å². The van der Waals surface area contributed by atoms with Gasteiger partial charge in [-0.1, -0.05) is 47.6 Å². The molecule has 0 bridgehead atoms. The maximum atomic E-state index is 5.84. The van der Waals surface area contributed by atoms with E-state index in [4.69, 9.17) is 14.0 Å². The number of methoxy groups -OCH3 is 1. The van der Waals surface area contributed by atoms with Gasteiger partial charge in [-0.3, -0.25) is 5.10 Å². The maximum Gasteiger partial charge on any atom is 0.262 e. The lowest BCUT2D eigenvalue weighted by molar-refractivity contribution is 0.306. The van der Waals surface area contributed by atoms with Gasteiger partial charge in [0.2, 0.25) is 5.82 Å². The molecule has 0 saturated carbocycles. The Labute approximate surface area is 184 Å². The zero-order valence-electron chi connectivity index (χ0n) is 17.4. The summed E-state index contributed by atoms with van der Waals surface area (Å²) in [6.07, 6.45) is 1.67. The van der Waals surface area contributed by atoms with E-state index in [0.717, 1.165) is 39.4 Å². The number of benzene rings is 3. The molecule has 0 atom stereocenters. The third-order valence-corrected chi connectivity index (χ3v) is 5.02. The van der Waals surface area contributed by atoms with Crippen molar-refractivity contribution in [1.29, 1.82) is 0 Å². The van der Waals surface area contributed by atoms with Crippen molar-refractivity contribution in [2.45, 2.75) is 6.61 Å². The molecular weight excluding hydrogens is 404 g/mol. The van der Waals surface area contributed by atoms with Crippen LogP contribution in [0.3, 0.4) is 0 Å². The molecule has 0 aliphatic carbocycles. The number of ether oxygens (including phenoxy) is 2. The van der Waals surface area contributed by atoms with E-state index in [-0.39, 0.29) is 0 Å². The number of hydrogen-bond acceptors (Lipinski definition) is 6. The van der Waals surface area contributed by atoms with E-state index < -0.39 is 0 Å². The Hall–Kier alpha value is -4.39. The number of aromatic nitrogens is 4. The van der Waals surface area contributed by atoms with Crippen LogP contribution in [0.1, 0.15) is 5.56 Å². The molecule has 7 heteroatoms. The Bertz CT molecular complexity index is 1310. The largest absolute Gasteiger partial charge is 0.497 e. The van der Waals surface area contributed by atoms with E-state index in [9.17, 15) is 0 Å². The SMILES string of the molecule is COc1cccc(-c2[nH]ncc2-c2nc(-c3ccc(OCc4ccccc4)cc3)no2)c1. The second-order valence-corrected chi connectivity index (χ2v) is 7.11. The highest BCUT2D eigenvalue weighted by atomic mass is 16.5. The van der Waals surface area contributed by atoms with Gasteiger partial charge in [0.05, 0.1) is 24.6 Å². The molecule has 2 aromatic heterocycles. The monoisotopic (exact) mass is 424 g/mol. The van der Waals surface area contributed by atoms with Gasteiger partial charge in [0.1, 0.15) is 18.1 Å². The average Bonchev–Trinajstić information content (AvgIpc) is 3.54. The van der Waals surface area contributed by atoms with Gasteiger partial charge in [-0.2, -0.15) is 10.1 Å². The fraction of sp³-hybridized carbons (Fsp3) is 0.0800. The average molecular weight is 424 g/mol. The summed E-state index contributed by atoms with van der Waals surface area (Å²) in [6, 6.07) is 25.3. The van der Waals surface area contributed by atoms with Gasteiger partial charge in [0, 0.05) is 11.1 Å². The van der Waals surface area contributed by atoms with E-state index in [1.54, 1.807) is 13.3 Å². The van der Waals surface area contributed by atoms with Gasteiger partial charge >= 0.3 is 0 Å². The first-order valence-electron chi connectivity index (χ1n) is 10.1. The highest BCUT2D eigenvalue weighted by Gasteiger charge is 2.17. The Morgan fingerprint density at radius 2 is 1.72 bits per heavy atom. The van der Waals surface area contributed by atoms with Crippen LogP contribution in [0.2, 0.25) is 0 Å². The topological polar surface area (TPSA) is 86.1 Å². The third kappa shape index (κ3) is 4.09. The highest BCUT2D eigenvalue weighted by molar-refractivity contribution is 5.77. The zero-order valence-corrected chi connectivity index (χ0v) is 17.4. The van der Waals surface area contributed by atoms with Crippen LogP contribution in [0.15, 0.2) is 89.6 Å². The van der Waals surface area contributed by atoms with Crippen LogP contribution < -0.4 is 9.47 Å². The molecular formula is C25H20N4O3. The van der Waals surface area contributed by atoms with Gasteiger partial charge in [-0.25, -0.2) is 0 Å². The lowest BCUT2D eigenvalue weighted by atomic mass is 10.1. The quantitative estimate of drug-likeness (QED) is 0.377. The van der Waals surface area contributed by atoms with Gasteiger partial charge in [0.15, 0.2) is 0 Å². The lowest BCUT2D eigenvalue weighted by Gasteiger charge is -2.06. The minimum atomic E-state index is 0.385. The number of nitrogens with zero attached hydrogens (tertiary/aromatic N) is 3. The van der Waals surface area contributed by atoms with Crippen molar-refractivity contribution in [1.82, 2.24) is 20.3 Å². The third-order valence-electron chi connectivity index (χ3n) is 5.02. The van der Waals surface area contributed by atoms with E-state index in [1.165, 1.54) is 0 Å². The first kappa shape index (κ1) is 19.6. The molecule has 0 fully saturated rings. The Morgan fingerprint density at radius 1 is 0.875 bits per heavy atom. The van der Waals surface area contributed by atoms with Crippen LogP contribution in [0.5, 0.6) is 11.5 Å². The van der Waals surface area contributed by atoms with Crippen molar-refractivity contribution < 1.29 is 14.0 Å². The highest BCUT2D eigenvalue weighted by Crippen LogP contribution is 2.32. The summed E-state index contributed by atoms with van der Waals surface area (Å²) < 4.78 is 16.7. The molecule has 5 aromatic rings. The molecule has 32 heavy (non-hydrogen) atoms. The lowest BCUT2D eigenvalue weighted by Crippen LogP contribution is -1.94. The molecule has 1 N–H and O–H groups in total. The van der Waals surface area contributed by atoms with Gasteiger partial charge < -0.3 is 14.0 Å². The second kappa shape index (κ2) is 8.77. The fourth-order valence-corrected chi connectivity index (χ4v) is 3.34. The molecule has 0 unspecified atom stereocenters. The molecule has 5 rings (SSSR count). The molecule has 3 aromatic carbocycles. The molecule has 0 radical (unpaired) electrons. The summed E-state index contributed by atoms with van der Waals surface area (Å²) in [7, 11) is 1.63. The van der Waals surface area contributed by atoms with Crippen molar-refractivity contribution in [3.05, 3.63) is 90.6 Å². The van der Waals surface area contributed by atoms with E-state index >= 15 is 0 Å². The number of aromatic amines is 1. The number of hydrogen-bond donors (Lipinski definition) is 1. The molecule has 0 aliphatic heterocycles. The summed E-state index contributed by atoms with van der Waals surface area (Å²) >= 11 is 0. The van der Waals surface area contributed by atoms with Crippen LogP contribution in [-0.4, -0.2) is 27.4 Å². The van der Waals surface area contributed by atoms with Crippen molar-refractivity contribution >= 4 is 0 Å². The van der Waals surface area contributed by atoms with Crippen molar-refractivity contribution in [3.8, 4) is 45.6 Å². The smallest absolute Gasteiger partial charge is 0.262 e. The van der Waals surface area contributed by atoms with Crippen LogP contribution in [0.4, 0.5) is 0 Å². The number of nitrogens with one attached hydrogen (secondary N) is 1. The predicted octanol–water partition coefficient (Wildman–Crippen LogP) is 5.38. The molecule has 0 aliphatic rings. The van der Waals surface area contributed by atoms with Crippen molar-refractivity contribution in [2.24, 2.45) is 0 Å². The Morgan fingerprint density at radius 3 is 2.53 bits per heavy atom. The summed E-state index contributed by atoms with van der Waals surface area (Å²) in [5.41, 5.74) is 4.37. The Balaban J connectivity index is 1.34. The van der Waals surface area contributed by atoms with Crippen LogP contribution in [0, 0.1) is 0 Å². The molecule has 0 spiro atoms. The molecule has 2 heterocycles. The second-order valence-electron chi connectivity index (χ2n) is 7.11. The Kier molecular flexibility index (Phi) is 5.36. The van der Waals surface area contributed by atoms with Gasteiger partial charge in [-0.05, 0) is 42.0 Å². The molecule has 158 valence electrons. The minimum Gasteiger partial charge on any atom is -0.497 e. The first-order chi connectivity index (χ1) is 15.8. The summed E-state index contributed by atoms with van der Waals surface area (Å²) in [5.74, 6) is 2.41. The summed E-state index contributed by atoms with van der Waals surface area (Å²) in [6.45, 7) is 0.514. The van der Waals surface area contributed by atoms with Crippen molar-refractivity contribution in [2.75, 3.05) is 7.11 Å². The van der Waals surface area contributed by atoms with Crippen LogP contribution in [-0.2, 0) is 6.61 Å². The standard InChI is InChI=1S/C25H20N4O3/c1-30-21-9-5-8-19(14-21)23-22(15-26-28-23)25-27-24(29-32-25)18-10-12-20(13-11-18)31-16-17-6-3-2-4-7-17/h2-15H,16H2,1H3,(H,26,28). The fourth-order valence-electron chi connectivity index (χ4n) is 3.34. The molecule has 0 saturated heterocycles. The first-order valence-corrected chi connectivity index (χ1v) is 10.1. The van der Waals surface area contributed by atoms with Crippen molar-refractivity contribution in [3.63, 3.8) is 0 Å². The summed E-state index contributed by atoms with van der Waals surface area (Å²) in [4.78, 5) is 4.57. The van der Waals surface area contributed by atoms with Gasteiger partial charge in [-0.15, -0.1) is 0 Å². The minimum absolute atomic E-state index is 0.385. The molecule has 0 amide bonds. The number of H-pyrrole nitrogens is 1.